The minimum Gasteiger partial charge on any atom is -0.0622 e. The summed E-state index contributed by atoms with van der Waals surface area (Å²) in [6.07, 6.45) is 1.33. The van der Waals surface area contributed by atoms with E-state index in [1.54, 1.807) is 0 Å². The SMILES string of the molecule is CC1CC(C)C(C)(C)C(C)C(C)C(C)C(C)C(C)C(C)C(C)C(C)C(C)C(C)C(C)C(C)C(C)C(C)C(C)C(C)C(C)(C)C(C)C(C)C(C)C(C)(C)C(C)C(C)C(C)C(C)C(C)C(C)C1C. The standard InChI is InChI=1S/C66H132/c1-36-35-37(2)64(29,30)59(24)55(20)52(17)50(15)47(12)45(10)43(8)41(6)42(7)44(9)46(11)48(13)51(16)54(19)57(22)61(26)66(33,34)63(28)58(23)62(27)65(31,32)60(25)56(21)53(18)49(14)40(5)39(4)38(36)3/h36-63H,35H2,1-34H3. The Morgan fingerprint density at radius 1 is 0.182 bits per heavy atom. The van der Waals surface area contributed by atoms with Gasteiger partial charge in [0.15, 0.2) is 0 Å². The molecule has 28 atom stereocenters. The van der Waals surface area contributed by atoms with Gasteiger partial charge in [-0.25, -0.2) is 0 Å². The molecule has 1 fully saturated rings. The van der Waals surface area contributed by atoms with Crippen molar-refractivity contribution in [2.75, 3.05) is 0 Å². The summed E-state index contributed by atoms with van der Waals surface area (Å²) < 4.78 is 0. The van der Waals surface area contributed by atoms with Gasteiger partial charge in [0.05, 0.1) is 0 Å². The Morgan fingerprint density at radius 3 is 0.545 bits per heavy atom. The minimum atomic E-state index is 0.251. The molecule has 0 bridgehead atoms. The number of rotatable bonds is 0. The molecule has 0 heteroatoms. The predicted octanol–water partition coefficient (Wildman–Crippen LogP) is 21.3. The van der Waals surface area contributed by atoms with E-state index in [4.69, 9.17) is 0 Å². The molecule has 0 heterocycles. The van der Waals surface area contributed by atoms with Gasteiger partial charge in [0.1, 0.15) is 0 Å². The fourth-order valence-corrected chi connectivity index (χ4v) is 15.7. The van der Waals surface area contributed by atoms with Crippen molar-refractivity contribution in [3.63, 3.8) is 0 Å². The van der Waals surface area contributed by atoms with Crippen molar-refractivity contribution >= 4 is 0 Å². The quantitative estimate of drug-likeness (QED) is 0.227. The molecule has 1 aliphatic rings. The molecule has 0 amide bonds. The van der Waals surface area contributed by atoms with Gasteiger partial charge >= 0.3 is 0 Å². The van der Waals surface area contributed by atoms with Crippen LogP contribution in [0.15, 0.2) is 0 Å². The number of hydrogen-bond acceptors (Lipinski definition) is 0. The van der Waals surface area contributed by atoms with Crippen LogP contribution in [-0.2, 0) is 0 Å². The van der Waals surface area contributed by atoms with Crippen molar-refractivity contribution in [1.82, 2.24) is 0 Å². The Bertz CT molecular complexity index is 1370. The van der Waals surface area contributed by atoms with E-state index in [0.717, 1.165) is 0 Å². The van der Waals surface area contributed by atoms with E-state index in [1.807, 2.05) is 0 Å². The average Bonchev–Trinajstić information content (AvgIpc) is 3.28. The van der Waals surface area contributed by atoms with Gasteiger partial charge in [-0.2, -0.15) is 0 Å². The van der Waals surface area contributed by atoms with Crippen LogP contribution in [0.3, 0.4) is 0 Å². The monoisotopic (exact) mass is 925 g/mol. The summed E-state index contributed by atoms with van der Waals surface area (Å²) in [5, 5.41) is 0. The third-order valence-electron chi connectivity index (χ3n) is 27.6. The van der Waals surface area contributed by atoms with Gasteiger partial charge in [0.2, 0.25) is 0 Å². The normalized spacial score (nSPS) is 52.1. The Morgan fingerprint density at radius 2 is 0.333 bits per heavy atom. The molecule has 0 aliphatic heterocycles. The first-order valence-corrected chi connectivity index (χ1v) is 29.7. The van der Waals surface area contributed by atoms with Gasteiger partial charge < -0.3 is 0 Å². The van der Waals surface area contributed by atoms with E-state index >= 15 is 0 Å². The van der Waals surface area contributed by atoms with Crippen LogP contribution >= 0.6 is 0 Å². The first-order chi connectivity index (χ1) is 29.7. The van der Waals surface area contributed by atoms with Gasteiger partial charge in [-0.05, 0) is 188 Å². The second-order valence-electron chi connectivity index (χ2n) is 29.6. The summed E-state index contributed by atoms with van der Waals surface area (Å²) in [6.45, 7) is 89.2. The molecular formula is C66H132. The highest BCUT2D eigenvalue weighted by atomic mass is 14.5. The maximum atomic E-state index is 2.64. The Kier molecular flexibility index (Phi) is 24.3. The lowest BCUT2D eigenvalue weighted by Gasteiger charge is -2.51. The summed E-state index contributed by atoms with van der Waals surface area (Å²) in [7, 11) is 0. The van der Waals surface area contributed by atoms with Crippen molar-refractivity contribution in [2.24, 2.45) is 182 Å². The molecule has 0 radical (unpaired) electrons. The van der Waals surface area contributed by atoms with E-state index in [-0.39, 0.29) is 10.8 Å². The van der Waals surface area contributed by atoms with E-state index < -0.39 is 0 Å². The van der Waals surface area contributed by atoms with E-state index in [0.29, 0.717) is 171 Å². The number of hydrogen-bond donors (Lipinski definition) is 0. The summed E-state index contributed by atoms with van der Waals surface area (Å²) in [5.41, 5.74) is 0.793. The predicted molar refractivity (Wildman–Crippen MR) is 303 cm³/mol. The van der Waals surface area contributed by atoms with Gasteiger partial charge in [-0.1, -0.05) is 235 Å². The summed E-state index contributed by atoms with van der Waals surface area (Å²) >= 11 is 0. The summed E-state index contributed by atoms with van der Waals surface area (Å²) in [6, 6.07) is 0. The highest BCUT2D eigenvalue weighted by Crippen LogP contribution is 2.54. The van der Waals surface area contributed by atoms with Crippen LogP contribution in [0, 0.1) is 182 Å². The maximum Gasteiger partial charge on any atom is -0.0298 e. The van der Waals surface area contributed by atoms with Crippen molar-refractivity contribution in [1.29, 1.82) is 0 Å². The van der Waals surface area contributed by atoms with Crippen LogP contribution < -0.4 is 0 Å². The average molecular weight is 926 g/mol. The maximum absolute atomic E-state index is 2.64. The van der Waals surface area contributed by atoms with Gasteiger partial charge in [0, 0.05) is 0 Å². The fourth-order valence-electron chi connectivity index (χ4n) is 15.7. The molecule has 0 N–H and O–H groups in total. The molecule has 28 unspecified atom stereocenters. The zero-order valence-electron chi connectivity index (χ0n) is 52.4. The van der Waals surface area contributed by atoms with E-state index in [1.165, 1.54) is 6.42 Å². The Hall–Kier alpha value is 0. The highest BCUT2D eigenvalue weighted by molar-refractivity contribution is 4.96. The Labute approximate surface area is 421 Å². The van der Waals surface area contributed by atoms with Crippen LogP contribution in [0.4, 0.5) is 0 Å². The van der Waals surface area contributed by atoms with Gasteiger partial charge in [0.25, 0.3) is 0 Å². The molecule has 0 aromatic carbocycles. The molecular weight excluding hydrogens is 793 g/mol. The first-order valence-electron chi connectivity index (χ1n) is 29.7. The second kappa shape index (κ2) is 25.1. The molecule has 0 saturated heterocycles. The lowest BCUT2D eigenvalue weighted by Crippen LogP contribution is -2.45. The molecule has 0 spiro atoms. The minimum absolute atomic E-state index is 0.251. The van der Waals surface area contributed by atoms with E-state index in [9.17, 15) is 0 Å². The zero-order chi connectivity index (χ0) is 52.4. The molecule has 1 rings (SSSR count). The van der Waals surface area contributed by atoms with Crippen molar-refractivity contribution in [2.45, 2.75) is 242 Å². The second-order valence-corrected chi connectivity index (χ2v) is 29.6. The summed E-state index contributed by atoms with van der Waals surface area (Å²) in [5.74, 6) is 19.2. The summed E-state index contributed by atoms with van der Waals surface area (Å²) in [4.78, 5) is 0. The molecule has 0 nitrogen and oxygen atoms in total. The van der Waals surface area contributed by atoms with E-state index in [2.05, 4.69) is 235 Å². The van der Waals surface area contributed by atoms with Crippen molar-refractivity contribution in [3.05, 3.63) is 0 Å². The third kappa shape index (κ3) is 13.7. The zero-order valence-corrected chi connectivity index (χ0v) is 52.4. The molecule has 1 aliphatic carbocycles. The van der Waals surface area contributed by atoms with Crippen LogP contribution in [0.5, 0.6) is 0 Å². The largest absolute Gasteiger partial charge is 0.0622 e. The Balaban J connectivity index is 3.77. The molecule has 1 saturated carbocycles. The van der Waals surface area contributed by atoms with Crippen LogP contribution in [0.1, 0.15) is 242 Å². The molecule has 66 heavy (non-hydrogen) atoms. The highest BCUT2D eigenvalue weighted by Gasteiger charge is 2.47. The van der Waals surface area contributed by atoms with Crippen LogP contribution in [0.25, 0.3) is 0 Å². The molecule has 0 aromatic heterocycles. The topological polar surface area (TPSA) is 0 Å². The van der Waals surface area contributed by atoms with Crippen LogP contribution in [0.2, 0.25) is 0 Å². The lowest BCUT2D eigenvalue weighted by molar-refractivity contribution is -0.0297. The van der Waals surface area contributed by atoms with Gasteiger partial charge in [-0.3, -0.25) is 0 Å². The van der Waals surface area contributed by atoms with Crippen LogP contribution in [-0.4, -0.2) is 0 Å². The lowest BCUT2D eigenvalue weighted by atomic mass is 9.54. The molecule has 0 aromatic rings. The first kappa shape index (κ1) is 64.0. The van der Waals surface area contributed by atoms with Gasteiger partial charge in [-0.15, -0.1) is 0 Å². The smallest absolute Gasteiger partial charge is 0.0298 e. The van der Waals surface area contributed by atoms with Crippen molar-refractivity contribution in [3.8, 4) is 0 Å². The fraction of sp³-hybridized carbons (Fsp3) is 1.00. The molecule has 396 valence electrons. The van der Waals surface area contributed by atoms with Crippen molar-refractivity contribution < 1.29 is 0 Å². The third-order valence-corrected chi connectivity index (χ3v) is 27.6.